The number of nitrogens with zero attached hydrogens (tertiary/aromatic N) is 4. The van der Waals surface area contributed by atoms with E-state index in [4.69, 9.17) is 15.2 Å². The summed E-state index contributed by atoms with van der Waals surface area (Å²) in [5, 5.41) is 0. The number of ether oxygens (including phenoxy) is 2. The number of H-pyrrole nitrogens is 1. The summed E-state index contributed by atoms with van der Waals surface area (Å²) in [5.41, 5.74) is 7.27. The van der Waals surface area contributed by atoms with Crippen molar-refractivity contribution in [2.75, 3.05) is 18.9 Å². The Morgan fingerprint density at radius 2 is 1.92 bits per heavy atom. The van der Waals surface area contributed by atoms with Crippen molar-refractivity contribution in [3.63, 3.8) is 0 Å². The van der Waals surface area contributed by atoms with Crippen molar-refractivity contribution in [2.45, 2.75) is 19.4 Å². The highest BCUT2D eigenvalue weighted by atomic mass is 16.5. The van der Waals surface area contributed by atoms with Crippen molar-refractivity contribution in [1.29, 1.82) is 0 Å². The van der Waals surface area contributed by atoms with Crippen molar-refractivity contribution >= 4 is 17.0 Å². The van der Waals surface area contributed by atoms with E-state index in [1.165, 1.54) is 4.57 Å². The zero-order chi connectivity index (χ0) is 17.9. The molecule has 0 atom stereocenters. The van der Waals surface area contributed by atoms with Crippen LogP contribution in [0, 0.1) is 0 Å². The first kappa shape index (κ1) is 16.1. The lowest BCUT2D eigenvalue weighted by atomic mass is 10.3. The van der Waals surface area contributed by atoms with E-state index in [-0.39, 0.29) is 17.5 Å². The summed E-state index contributed by atoms with van der Waals surface area (Å²) in [7, 11) is 0. The third-order valence-electron chi connectivity index (χ3n) is 3.99. The molecule has 0 saturated heterocycles. The molecule has 0 aliphatic carbocycles. The average Bonchev–Trinajstić information content (AvgIpc) is 2.95. The third-order valence-corrected chi connectivity index (χ3v) is 3.99. The van der Waals surface area contributed by atoms with Crippen LogP contribution in [-0.2, 0) is 6.54 Å². The summed E-state index contributed by atoms with van der Waals surface area (Å²) in [6.45, 7) is 1.25. The van der Waals surface area contributed by atoms with Crippen LogP contribution in [0.1, 0.15) is 18.4 Å². The van der Waals surface area contributed by atoms with Crippen LogP contribution in [0.4, 0.5) is 5.82 Å². The number of aromatic amines is 1. The molecule has 0 fully saturated rings. The lowest BCUT2D eigenvalue weighted by Gasteiger charge is -2.07. The van der Waals surface area contributed by atoms with Gasteiger partial charge in [-0.05, 0) is 18.4 Å². The number of hydrogen-bond donors (Lipinski definition) is 2. The largest absolute Gasteiger partial charge is 0.477 e. The predicted octanol–water partition coefficient (Wildman–Crippen LogP) is 1.25. The highest BCUT2D eigenvalue weighted by Crippen LogP contribution is 2.19. The van der Waals surface area contributed by atoms with E-state index in [1.807, 2.05) is 18.2 Å². The molecule has 5 rings (SSSR count). The summed E-state index contributed by atoms with van der Waals surface area (Å²) in [6.07, 6.45) is 7.19. The number of nitrogen functional groups attached to an aromatic ring is 1. The van der Waals surface area contributed by atoms with Crippen molar-refractivity contribution in [2.24, 2.45) is 0 Å². The Balaban J connectivity index is 1.77. The van der Waals surface area contributed by atoms with E-state index in [0.717, 1.165) is 12.0 Å². The number of anilines is 1. The summed E-state index contributed by atoms with van der Waals surface area (Å²) < 4.78 is 12.7. The Labute approximate surface area is 148 Å². The van der Waals surface area contributed by atoms with Crippen LogP contribution >= 0.6 is 0 Å². The minimum absolute atomic E-state index is 0.150. The van der Waals surface area contributed by atoms with Crippen molar-refractivity contribution in [1.82, 2.24) is 24.5 Å². The highest BCUT2D eigenvalue weighted by Gasteiger charge is 2.15. The van der Waals surface area contributed by atoms with Gasteiger partial charge in [-0.3, -0.25) is 4.57 Å². The number of nitrogens with one attached hydrogen (secondary N) is 1. The fourth-order valence-electron chi connectivity index (χ4n) is 2.70. The van der Waals surface area contributed by atoms with E-state index < -0.39 is 0 Å². The van der Waals surface area contributed by atoms with E-state index in [2.05, 4.69) is 19.9 Å². The first-order chi connectivity index (χ1) is 12.7. The van der Waals surface area contributed by atoms with Gasteiger partial charge in [-0.2, -0.15) is 9.97 Å². The van der Waals surface area contributed by atoms with Gasteiger partial charge in [0.2, 0.25) is 5.88 Å². The normalized spacial score (nSPS) is 16.2. The van der Waals surface area contributed by atoms with E-state index >= 15 is 0 Å². The fourth-order valence-corrected chi connectivity index (χ4v) is 2.70. The Kier molecular flexibility index (Phi) is 4.26. The van der Waals surface area contributed by atoms with Gasteiger partial charge >= 0.3 is 11.7 Å². The maximum atomic E-state index is 12.3. The molecular weight excluding hydrogens is 336 g/mol. The van der Waals surface area contributed by atoms with Gasteiger partial charge in [0.1, 0.15) is 5.52 Å². The molecular formula is C17H18N6O3. The average molecular weight is 354 g/mol. The minimum atomic E-state index is -0.320. The standard InChI is InChI=1S/C17H18N6O3/c18-14-13-15-22-16(21-14)26-8-4-2-1-3-7-25-12-6-5-11(9-19-12)10-23(15)17(24)20-13/h1-2,5-6,9H,3-4,7-8,10H2,(H,20,24)(H2,18,21,22)/b2-1+. The van der Waals surface area contributed by atoms with Gasteiger partial charge in [0, 0.05) is 12.3 Å². The molecule has 0 unspecified atom stereocenters. The van der Waals surface area contributed by atoms with Crippen molar-refractivity contribution < 1.29 is 9.47 Å². The number of fused-ring (bicyclic) bond motifs is 8. The summed E-state index contributed by atoms with van der Waals surface area (Å²) in [5.74, 6) is 0.728. The lowest BCUT2D eigenvalue weighted by molar-refractivity contribution is 0.299. The van der Waals surface area contributed by atoms with E-state index in [9.17, 15) is 4.79 Å². The van der Waals surface area contributed by atoms with Crippen LogP contribution in [0.25, 0.3) is 11.2 Å². The van der Waals surface area contributed by atoms with E-state index in [1.54, 1.807) is 12.3 Å². The first-order valence-corrected chi connectivity index (χ1v) is 8.32. The van der Waals surface area contributed by atoms with Crippen LogP contribution in [0.2, 0.25) is 0 Å². The second-order valence-corrected chi connectivity index (χ2v) is 5.86. The van der Waals surface area contributed by atoms with Gasteiger partial charge in [-0.1, -0.05) is 18.2 Å². The number of rotatable bonds is 0. The molecule has 4 bridgehead atoms. The van der Waals surface area contributed by atoms with Crippen LogP contribution in [-0.4, -0.2) is 37.7 Å². The van der Waals surface area contributed by atoms with Gasteiger partial charge < -0.3 is 20.2 Å². The highest BCUT2D eigenvalue weighted by molar-refractivity contribution is 5.81. The third kappa shape index (κ3) is 3.23. The zero-order valence-corrected chi connectivity index (χ0v) is 14.0. The van der Waals surface area contributed by atoms with Gasteiger partial charge in [0.15, 0.2) is 11.5 Å². The van der Waals surface area contributed by atoms with Crippen LogP contribution in [0.15, 0.2) is 35.3 Å². The second kappa shape index (κ2) is 6.87. The Morgan fingerprint density at radius 1 is 1.12 bits per heavy atom. The molecule has 0 saturated carbocycles. The summed E-state index contributed by atoms with van der Waals surface area (Å²) in [6, 6.07) is 3.80. The van der Waals surface area contributed by atoms with Gasteiger partial charge in [-0.15, -0.1) is 0 Å². The van der Waals surface area contributed by atoms with Gasteiger partial charge in [0.25, 0.3) is 0 Å². The molecule has 0 aromatic carbocycles. The van der Waals surface area contributed by atoms with Gasteiger partial charge in [0.05, 0.1) is 19.8 Å². The smallest absolute Gasteiger partial charge is 0.328 e. The van der Waals surface area contributed by atoms with Crippen LogP contribution < -0.4 is 20.9 Å². The molecule has 3 aromatic rings. The molecule has 0 spiro atoms. The van der Waals surface area contributed by atoms with Crippen LogP contribution in [0.3, 0.4) is 0 Å². The maximum absolute atomic E-state index is 12.3. The SMILES string of the molecule is Nc1nc2nc3c1[nH]c(=O)n3Cc1ccc(nc1)OCC/C=C/CCO2. The number of hydrogen-bond acceptors (Lipinski definition) is 7. The predicted molar refractivity (Wildman–Crippen MR) is 95.3 cm³/mol. The molecule has 0 amide bonds. The Morgan fingerprint density at radius 3 is 2.69 bits per heavy atom. The molecule has 26 heavy (non-hydrogen) atoms. The quantitative estimate of drug-likeness (QED) is 0.583. The molecule has 3 N–H and O–H groups in total. The Hall–Kier alpha value is -3.36. The van der Waals surface area contributed by atoms with E-state index in [0.29, 0.717) is 43.2 Å². The molecule has 9 nitrogen and oxygen atoms in total. The summed E-state index contributed by atoms with van der Waals surface area (Å²) in [4.78, 5) is 27.8. The van der Waals surface area contributed by atoms with Crippen LogP contribution in [0.5, 0.6) is 11.9 Å². The molecule has 0 radical (unpaired) electrons. The van der Waals surface area contributed by atoms with Gasteiger partial charge in [-0.25, -0.2) is 9.78 Å². The number of pyridine rings is 1. The fraction of sp³-hybridized carbons (Fsp3) is 0.294. The molecule has 9 heteroatoms. The molecule has 134 valence electrons. The van der Waals surface area contributed by atoms with Crippen molar-refractivity contribution in [3.05, 3.63) is 46.5 Å². The first-order valence-electron chi connectivity index (χ1n) is 8.32. The Bertz CT molecular complexity index is 1010. The summed E-state index contributed by atoms with van der Waals surface area (Å²) >= 11 is 0. The van der Waals surface area contributed by atoms with Crippen molar-refractivity contribution in [3.8, 4) is 11.9 Å². The lowest BCUT2D eigenvalue weighted by Crippen LogP contribution is -2.18. The molecule has 2 aliphatic heterocycles. The molecule has 2 aliphatic rings. The number of imidazole rings is 1. The number of nitrogens with two attached hydrogens (primary N) is 1. The molecule has 5 heterocycles. The molecule has 3 aromatic heterocycles. The number of aromatic nitrogens is 5. The second-order valence-electron chi connectivity index (χ2n) is 5.86. The zero-order valence-electron chi connectivity index (χ0n) is 14.0. The monoisotopic (exact) mass is 354 g/mol. The maximum Gasteiger partial charge on any atom is 0.328 e. The topological polar surface area (TPSA) is 121 Å². The minimum Gasteiger partial charge on any atom is -0.477 e.